The number of rotatable bonds is 4. The van der Waals surface area contributed by atoms with Crippen LogP contribution in [0.25, 0.3) is 0 Å². The second-order valence-electron chi connectivity index (χ2n) is 4.36. The molecule has 18 heavy (non-hydrogen) atoms. The lowest BCUT2D eigenvalue weighted by Crippen LogP contribution is -2.18. The SMILES string of the molecule is CCn1cc(NC(C)c2cnn(C)c2)ccc1=O. The van der Waals surface area contributed by atoms with Gasteiger partial charge in [-0.1, -0.05) is 0 Å². The maximum atomic E-state index is 11.5. The van der Waals surface area contributed by atoms with Crippen LogP contribution in [0.15, 0.2) is 35.5 Å². The summed E-state index contributed by atoms with van der Waals surface area (Å²) in [6.07, 6.45) is 5.66. The van der Waals surface area contributed by atoms with Gasteiger partial charge in [0.15, 0.2) is 0 Å². The van der Waals surface area contributed by atoms with Crippen molar-refractivity contribution in [3.63, 3.8) is 0 Å². The number of nitrogens with one attached hydrogen (secondary N) is 1. The monoisotopic (exact) mass is 246 g/mol. The molecule has 2 aromatic rings. The smallest absolute Gasteiger partial charge is 0.250 e. The minimum Gasteiger partial charge on any atom is -0.377 e. The van der Waals surface area contributed by atoms with Gasteiger partial charge in [-0.3, -0.25) is 9.48 Å². The fourth-order valence-corrected chi connectivity index (χ4v) is 1.86. The fraction of sp³-hybridized carbons (Fsp3) is 0.385. The number of anilines is 1. The topological polar surface area (TPSA) is 51.9 Å². The molecular formula is C13H18N4O. The van der Waals surface area contributed by atoms with Crippen LogP contribution in [-0.4, -0.2) is 14.3 Å². The van der Waals surface area contributed by atoms with Crippen LogP contribution in [0.3, 0.4) is 0 Å². The molecule has 0 radical (unpaired) electrons. The Morgan fingerprint density at radius 1 is 1.39 bits per heavy atom. The first-order chi connectivity index (χ1) is 8.60. The van der Waals surface area contributed by atoms with E-state index in [9.17, 15) is 4.79 Å². The molecule has 0 amide bonds. The standard InChI is InChI=1S/C13H18N4O/c1-4-17-9-12(5-6-13(17)18)15-10(2)11-7-14-16(3)8-11/h5-10,15H,4H2,1-3H3. The Morgan fingerprint density at radius 2 is 2.17 bits per heavy atom. The van der Waals surface area contributed by atoms with Crippen LogP contribution >= 0.6 is 0 Å². The van der Waals surface area contributed by atoms with E-state index in [-0.39, 0.29) is 11.6 Å². The van der Waals surface area contributed by atoms with Crippen molar-refractivity contribution in [3.8, 4) is 0 Å². The first-order valence-electron chi connectivity index (χ1n) is 6.05. The summed E-state index contributed by atoms with van der Waals surface area (Å²) in [6, 6.07) is 3.55. The molecule has 1 unspecified atom stereocenters. The molecule has 0 aliphatic heterocycles. The molecule has 5 heteroatoms. The minimum atomic E-state index is 0.0251. The Morgan fingerprint density at radius 3 is 2.78 bits per heavy atom. The third kappa shape index (κ3) is 2.61. The van der Waals surface area contributed by atoms with E-state index in [4.69, 9.17) is 0 Å². The first-order valence-corrected chi connectivity index (χ1v) is 6.05. The summed E-state index contributed by atoms with van der Waals surface area (Å²) < 4.78 is 3.46. The molecule has 1 N–H and O–H groups in total. The van der Waals surface area contributed by atoms with Gasteiger partial charge in [-0.05, 0) is 19.9 Å². The molecule has 0 spiro atoms. The molecule has 2 heterocycles. The Kier molecular flexibility index (Phi) is 3.50. The normalized spacial score (nSPS) is 12.4. The average Bonchev–Trinajstić information content (AvgIpc) is 2.78. The van der Waals surface area contributed by atoms with Crippen molar-refractivity contribution >= 4 is 5.69 Å². The van der Waals surface area contributed by atoms with Gasteiger partial charge in [0.05, 0.1) is 17.9 Å². The molecule has 2 aromatic heterocycles. The molecule has 0 saturated carbocycles. The van der Waals surface area contributed by atoms with Crippen molar-refractivity contribution in [1.82, 2.24) is 14.3 Å². The van der Waals surface area contributed by atoms with Gasteiger partial charge in [-0.25, -0.2) is 0 Å². The number of hydrogen-bond donors (Lipinski definition) is 1. The zero-order valence-electron chi connectivity index (χ0n) is 10.9. The van der Waals surface area contributed by atoms with Crippen LogP contribution in [0, 0.1) is 0 Å². The maximum absolute atomic E-state index is 11.5. The van der Waals surface area contributed by atoms with Crippen LogP contribution in [-0.2, 0) is 13.6 Å². The Bertz CT molecular complexity index is 585. The van der Waals surface area contributed by atoms with Gasteiger partial charge >= 0.3 is 0 Å². The first kappa shape index (κ1) is 12.4. The van der Waals surface area contributed by atoms with Gasteiger partial charge in [0.25, 0.3) is 5.56 Å². The maximum Gasteiger partial charge on any atom is 0.250 e. The molecule has 0 aliphatic carbocycles. The molecule has 2 rings (SSSR count). The summed E-state index contributed by atoms with van der Waals surface area (Å²) in [5.41, 5.74) is 2.08. The second-order valence-corrected chi connectivity index (χ2v) is 4.36. The van der Waals surface area contributed by atoms with Gasteiger partial charge < -0.3 is 9.88 Å². The van der Waals surface area contributed by atoms with Crippen LogP contribution < -0.4 is 10.9 Å². The van der Waals surface area contributed by atoms with Crippen LogP contribution in [0.5, 0.6) is 0 Å². The molecule has 1 atom stereocenters. The lowest BCUT2D eigenvalue weighted by Gasteiger charge is -2.14. The van der Waals surface area contributed by atoms with Crippen molar-refractivity contribution in [2.45, 2.75) is 26.4 Å². The average molecular weight is 246 g/mol. The quantitative estimate of drug-likeness (QED) is 0.894. The number of aromatic nitrogens is 3. The minimum absolute atomic E-state index is 0.0251. The molecule has 0 aromatic carbocycles. The third-order valence-electron chi connectivity index (χ3n) is 2.93. The number of pyridine rings is 1. The van der Waals surface area contributed by atoms with Gasteiger partial charge in [0.1, 0.15) is 0 Å². The van der Waals surface area contributed by atoms with Gasteiger partial charge in [0, 0.05) is 37.6 Å². The van der Waals surface area contributed by atoms with Crippen molar-refractivity contribution in [1.29, 1.82) is 0 Å². The van der Waals surface area contributed by atoms with Gasteiger partial charge in [-0.15, -0.1) is 0 Å². The summed E-state index contributed by atoms with van der Waals surface area (Å²) >= 11 is 0. The van der Waals surface area contributed by atoms with E-state index in [1.807, 2.05) is 32.6 Å². The lowest BCUT2D eigenvalue weighted by molar-refractivity contribution is 0.725. The predicted octanol–water partition coefficient (Wildman–Crippen LogP) is 1.77. The van der Waals surface area contributed by atoms with E-state index in [2.05, 4.69) is 17.3 Å². The van der Waals surface area contributed by atoms with Crippen molar-refractivity contribution in [2.75, 3.05) is 5.32 Å². The van der Waals surface area contributed by atoms with E-state index in [1.54, 1.807) is 21.4 Å². The fourth-order valence-electron chi connectivity index (χ4n) is 1.86. The number of aryl methyl sites for hydroxylation is 2. The van der Waals surface area contributed by atoms with Crippen LogP contribution in [0.2, 0.25) is 0 Å². The second kappa shape index (κ2) is 5.08. The molecule has 96 valence electrons. The van der Waals surface area contributed by atoms with Crippen LogP contribution in [0.1, 0.15) is 25.5 Å². The summed E-state index contributed by atoms with van der Waals surface area (Å²) in [7, 11) is 1.90. The Labute approximate surface area is 106 Å². The summed E-state index contributed by atoms with van der Waals surface area (Å²) in [4.78, 5) is 11.5. The lowest BCUT2D eigenvalue weighted by atomic mass is 10.2. The van der Waals surface area contributed by atoms with E-state index in [0.717, 1.165) is 11.3 Å². The highest BCUT2D eigenvalue weighted by Crippen LogP contribution is 2.17. The zero-order chi connectivity index (χ0) is 13.1. The Hall–Kier alpha value is -2.04. The highest BCUT2D eigenvalue weighted by molar-refractivity contribution is 5.42. The zero-order valence-corrected chi connectivity index (χ0v) is 10.9. The summed E-state index contributed by atoms with van der Waals surface area (Å²) in [5, 5.41) is 7.51. The van der Waals surface area contributed by atoms with E-state index >= 15 is 0 Å². The number of hydrogen-bond acceptors (Lipinski definition) is 3. The predicted molar refractivity (Wildman–Crippen MR) is 71.6 cm³/mol. The van der Waals surface area contributed by atoms with Crippen molar-refractivity contribution < 1.29 is 0 Å². The van der Waals surface area contributed by atoms with Crippen molar-refractivity contribution in [2.24, 2.45) is 7.05 Å². The molecule has 0 bridgehead atoms. The van der Waals surface area contributed by atoms with Gasteiger partial charge in [0.2, 0.25) is 0 Å². The summed E-state index contributed by atoms with van der Waals surface area (Å²) in [6.45, 7) is 4.70. The molecule has 0 fully saturated rings. The molecule has 0 aliphatic rings. The third-order valence-corrected chi connectivity index (χ3v) is 2.93. The highest BCUT2D eigenvalue weighted by atomic mass is 16.1. The van der Waals surface area contributed by atoms with Gasteiger partial charge in [-0.2, -0.15) is 5.10 Å². The van der Waals surface area contributed by atoms with Crippen molar-refractivity contribution in [3.05, 3.63) is 46.6 Å². The molecule has 5 nitrogen and oxygen atoms in total. The molecular weight excluding hydrogens is 228 g/mol. The largest absolute Gasteiger partial charge is 0.377 e. The highest BCUT2D eigenvalue weighted by Gasteiger charge is 2.07. The molecule has 0 saturated heterocycles. The van der Waals surface area contributed by atoms with E-state index in [1.165, 1.54) is 0 Å². The van der Waals surface area contributed by atoms with E-state index < -0.39 is 0 Å². The summed E-state index contributed by atoms with van der Waals surface area (Å²) in [5.74, 6) is 0. The van der Waals surface area contributed by atoms with E-state index in [0.29, 0.717) is 6.54 Å². The Balaban J connectivity index is 2.16. The number of nitrogens with zero attached hydrogens (tertiary/aromatic N) is 3. The van der Waals surface area contributed by atoms with Crippen LogP contribution in [0.4, 0.5) is 5.69 Å².